The average molecular weight is 284 g/mol. The number of ether oxygens (including phenoxy) is 1. The number of hydrogen-bond donors (Lipinski definition) is 1. The number of hydrogen-bond acceptors (Lipinski definition) is 4. The molecule has 0 spiro atoms. The Balaban J connectivity index is 2.08. The van der Waals surface area contributed by atoms with Crippen molar-refractivity contribution in [1.29, 1.82) is 0 Å². The predicted molar refractivity (Wildman–Crippen MR) is 78.8 cm³/mol. The Labute approximate surface area is 120 Å². The zero-order chi connectivity index (χ0) is 13.8. The molecule has 5 heteroatoms. The summed E-state index contributed by atoms with van der Waals surface area (Å²) >= 11 is 6.20. The fraction of sp³-hybridized carbons (Fsp3) is 0.643. The van der Waals surface area contributed by atoms with E-state index in [4.69, 9.17) is 16.3 Å². The molecule has 0 saturated carbocycles. The van der Waals surface area contributed by atoms with Crippen LogP contribution in [0.15, 0.2) is 12.3 Å². The van der Waals surface area contributed by atoms with Crippen LogP contribution >= 0.6 is 11.6 Å². The number of nitrogens with zero attached hydrogens (tertiary/aromatic N) is 2. The van der Waals surface area contributed by atoms with Crippen LogP contribution < -0.4 is 10.2 Å². The second-order valence-corrected chi connectivity index (χ2v) is 5.67. The van der Waals surface area contributed by atoms with Gasteiger partial charge in [-0.15, -0.1) is 0 Å². The van der Waals surface area contributed by atoms with Crippen LogP contribution in [0.25, 0.3) is 0 Å². The molecule has 2 rings (SSSR count). The van der Waals surface area contributed by atoms with E-state index in [0.717, 1.165) is 42.5 Å². The van der Waals surface area contributed by atoms with Crippen molar-refractivity contribution in [3.8, 4) is 0 Å². The minimum atomic E-state index is 0.315. The van der Waals surface area contributed by atoms with Crippen LogP contribution in [0.2, 0.25) is 5.02 Å². The first-order valence-corrected chi connectivity index (χ1v) is 7.13. The lowest BCUT2D eigenvalue weighted by molar-refractivity contribution is 0.121. The van der Waals surface area contributed by atoms with Crippen LogP contribution in [-0.2, 0) is 11.3 Å². The molecular formula is C14H22ClN3O. The average Bonchev–Trinajstić information content (AvgIpc) is 2.86. The number of rotatable bonds is 5. The summed E-state index contributed by atoms with van der Waals surface area (Å²) in [5.74, 6) is 0.990. The molecule has 19 heavy (non-hydrogen) atoms. The Kier molecular flexibility index (Phi) is 5.02. The first kappa shape index (κ1) is 14.6. The fourth-order valence-corrected chi connectivity index (χ4v) is 2.39. The molecular weight excluding hydrogens is 262 g/mol. The van der Waals surface area contributed by atoms with Gasteiger partial charge >= 0.3 is 0 Å². The van der Waals surface area contributed by atoms with Crippen molar-refractivity contribution in [2.75, 3.05) is 25.1 Å². The highest BCUT2D eigenvalue weighted by atomic mass is 35.5. The Hall–Kier alpha value is -0.840. The van der Waals surface area contributed by atoms with Gasteiger partial charge in [0.1, 0.15) is 5.82 Å². The van der Waals surface area contributed by atoms with Crippen molar-refractivity contribution in [3.05, 3.63) is 22.8 Å². The van der Waals surface area contributed by atoms with Crippen LogP contribution in [0.5, 0.6) is 0 Å². The summed E-state index contributed by atoms with van der Waals surface area (Å²) < 4.78 is 5.39. The van der Waals surface area contributed by atoms with Crippen LogP contribution in [0.3, 0.4) is 0 Å². The van der Waals surface area contributed by atoms with Crippen LogP contribution in [-0.4, -0.2) is 37.3 Å². The Morgan fingerprint density at radius 1 is 1.58 bits per heavy atom. The summed E-state index contributed by atoms with van der Waals surface area (Å²) in [7, 11) is 1.77. The second-order valence-electron chi connectivity index (χ2n) is 5.26. The molecule has 1 unspecified atom stereocenters. The number of pyridine rings is 1. The minimum Gasteiger partial charge on any atom is -0.380 e. The zero-order valence-corrected chi connectivity index (χ0v) is 12.6. The highest BCUT2D eigenvalue weighted by molar-refractivity contribution is 6.31. The Bertz CT molecular complexity index is 425. The molecule has 1 aromatic rings. The molecule has 4 nitrogen and oxygen atoms in total. The van der Waals surface area contributed by atoms with Gasteiger partial charge in [-0.05, 0) is 18.1 Å². The van der Waals surface area contributed by atoms with E-state index in [0.29, 0.717) is 12.1 Å². The van der Waals surface area contributed by atoms with E-state index < -0.39 is 0 Å². The van der Waals surface area contributed by atoms with Crippen molar-refractivity contribution < 1.29 is 4.74 Å². The summed E-state index contributed by atoms with van der Waals surface area (Å²) in [6.45, 7) is 6.92. The van der Waals surface area contributed by atoms with E-state index >= 15 is 0 Å². The molecule has 0 bridgehead atoms. The van der Waals surface area contributed by atoms with E-state index in [2.05, 4.69) is 35.1 Å². The van der Waals surface area contributed by atoms with Gasteiger partial charge in [0.05, 0.1) is 11.1 Å². The van der Waals surface area contributed by atoms with E-state index in [1.54, 1.807) is 13.3 Å². The van der Waals surface area contributed by atoms with Crippen molar-refractivity contribution in [2.45, 2.75) is 39.0 Å². The maximum absolute atomic E-state index is 6.20. The van der Waals surface area contributed by atoms with Crippen molar-refractivity contribution >= 4 is 17.4 Å². The summed E-state index contributed by atoms with van der Waals surface area (Å²) in [6, 6.07) is 2.52. The maximum Gasteiger partial charge on any atom is 0.128 e. The van der Waals surface area contributed by atoms with Gasteiger partial charge in [-0.2, -0.15) is 0 Å². The van der Waals surface area contributed by atoms with Gasteiger partial charge in [-0.25, -0.2) is 4.98 Å². The number of nitrogens with one attached hydrogen (secondary N) is 1. The van der Waals surface area contributed by atoms with Crippen molar-refractivity contribution in [3.63, 3.8) is 0 Å². The normalized spacial score (nSPS) is 19.4. The Morgan fingerprint density at radius 3 is 3.00 bits per heavy atom. The van der Waals surface area contributed by atoms with Gasteiger partial charge in [0.2, 0.25) is 0 Å². The topological polar surface area (TPSA) is 37.4 Å². The molecule has 0 aliphatic carbocycles. The third-order valence-corrected chi connectivity index (χ3v) is 3.76. The second kappa shape index (κ2) is 6.55. The molecule has 0 radical (unpaired) electrons. The molecule has 0 aromatic carbocycles. The molecule has 0 amide bonds. The quantitative estimate of drug-likeness (QED) is 0.901. The lowest BCUT2D eigenvalue weighted by Gasteiger charge is -2.19. The monoisotopic (exact) mass is 283 g/mol. The first-order valence-electron chi connectivity index (χ1n) is 6.75. The van der Waals surface area contributed by atoms with Crippen LogP contribution in [0.1, 0.15) is 25.8 Å². The standard InChI is InChI=1S/C14H22ClN3O/c1-10(2)16-7-11-6-14(17-8-13(11)15)18-5-4-12(9-18)19-3/h6,8,10,12,16H,4-5,7,9H2,1-3H3. The lowest BCUT2D eigenvalue weighted by atomic mass is 10.2. The number of methoxy groups -OCH3 is 1. The molecule has 2 heterocycles. The van der Waals surface area contributed by atoms with Gasteiger partial charge in [-0.1, -0.05) is 25.4 Å². The summed E-state index contributed by atoms with van der Waals surface area (Å²) in [4.78, 5) is 6.68. The van der Waals surface area contributed by atoms with Crippen LogP contribution in [0.4, 0.5) is 5.82 Å². The molecule has 1 fully saturated rings. The smallest absolute Gasteiger partial charge is 0.128 e. The number of halogens is 1. The third-order valence-electron chi connectivity index (χ3n) is 3.42. The molecule has 1 aliphatic rings. The molecule has 1 aliphatic heterocycles. The Morgan fingerprint density at radius 2 is 2.37 bits per heavy atom. The molecule has 1 atom stereocenters. The number of aromatic nitrogens is 1. The largest absolute Gasteiger partial charge is 0.380 e. The van der Waals surface area contributed by atoms with Crippen molar-refractivity contribution in [2.24, 2.45) is 0 Å². The van der Waals surface area contributed by atoms with E-state index in [1.165, 1.54) is 0 Å². The van der Waals surface area contributed by atoms with E-state index in [1.807, 2.05) is 0 Å². The molecule has 1 saturated heterocycles. The van der Waals surface area contributed by atoms with Crippen molar-refractivity contribution in [1.82, 2.24) is 10.3 Å². The van der Waals surface area contributed by atoms with E-state index in [-0.39, 0.29) is 0 Å². The maximum atomic E-state index is 6.20. The predicted octanol–water partition coefficient (Wildman–Crippen LogP) is 2.46. The van der Waals surface area contributed by atoms with E-state index in [9.17, 15) is 0 Å². The lowest BCUT2D eigenvalue weighted by Crippen LogP contribution is -2.24. The first-order chi connectivity index (χ1) is 9.10. The number of anilines is 1. The molecule has 1 aromatic heterocycles. The highest BCUT2D eigenvalue weighted by Crippen LogP contribution is 2.24. The van der Waals surface area contributed by atoms with Gasteiger partial charge in [0.15, 0.2) is 0 Å². The summed E-state index contributed by atoms with van der Waals surface area (Å²) in [5.41, 5.74) is 1.10. The van der Waals surface area contributed by atoms with Gasteiger partial charge in [0.25, 0.3) is 0 Å². The SMILES string of the molecule is COC1CCN(c2cc(CNC(C)C)c(Cl)cn2)C1. The van der Waals surface area contributed by atoms with Gasteiger partial charge < -0.3 is 15.0 Å². The van der Waals surface area contributed by atoms with Crippen LogP contribution in [0, 0.1) is 0 Å². The minimum absolute atomic E-state index is 0.315. The summed E-state index contributed by atoms with van der Waals surface area (Å²) in [6.07, 6.45) is 3.11. The third kappa shape index (κ3) is 3.81. The summed E-state index contributed by atoms with van der Waals surface area (Å²) in [5, 5.41) is 4.11. The highest BCUT2D eigenvalue weighted by Gasteiger charge is 2.23. The molecule has 1 N–H and O–H groups in total. The van der Waals surface area contributed by atoms with Gasteiger partial charge in [0, 0.05) is 39.0 Å². The zero-order valence-electron chi connectivity index (χ0n) is 11.8. The fourth-order valence-electron chi connectivity index (χ4n) is 2.22. The molecule has 106 valence electrons. The van der Waals surface area contributed by atoms with Gasteiger partial charge in [-0.3, -0.25) is 0 Å².